The van der Waals surface area contributed by atoms with E-state index in [0.29, 0.717) is 6.42 Å². The highest BCUT2D eigenvalue weighted by molar-refractivity contribution is 14.1. The number of rotatable bonds is 3. The lowest BCUT2D eigenvalue weighted by Gasteiger charge is -2.24. The minimum absolute atomic E-state index is 0.295. The molecule has 0 aromatic heterocycles. The Kier molecular flexibility index (Phi) is 4.63. The molecule has 1 N–H and O–H groups in total. The third-order valence-corrected chi connectivity index (χ3v) is 4.50. The van der Waals surface area contributed by atoms with E-state index in [-0.39, 0.29) is 5.82 Å². The van der Waals surface area contributed by atoms with Crippen LogP contribution in [0.4, 0.5) is 4.39 Å². The maximum absolute atomic E-state index is 13.3. The molecule has 19 heavy (non-hydrogen) atoms. The molecule has 2 aromatic carbocycles. The molecule has 4 heteroatoms. The second-order valence-corrected chi connectivity index (χ2v) is 6.79. The molecule has 0 aliphatic carbocycles. The zero-order valence-corrected chi connectivity index (χ0v) is 14.1. The highest BCUT2D eigenvalue weighted by Gasteiger charge is 2.24. The van der Waals surface area contributed by atoms with E-state index in [1.54, 1.807) is 13.0 Å². The molecule has 0 aliphatic heterocycles. The third-order valence-electron chi connectivity index (χ3n) is 3.01. The van der Waals surface area contributed by atoms with Crippen molar-refractivity contribution < 1.29 is 9.50 Å². The molecule has 2 rings (SSSR count). The summed E-state index contributed by atoms with van der Waals surface area (Å²) in [6, 6.07) is 12.2. The van der Waals surface area contributed by atoms with E-state index < -0.39 is 5.60 Å². The van der Waals surface area contributed by atoms with Crippen LogP contribution in [0.1, 0.15) is 18.1 Å². The highest BCUT2D eigenvalue weighted by atomic mass is 127. The van der Waals surface area contributed by atoms with Crippen molar-refractivity contribution in [3.8, 4) is 0 Å². The minimum atomic E-state index is -1.03. The van der Waals surface area contributed by atoms with Crippen molar-refractivity contribution in [1.29, 1.82) is 0 Å². The first kappa shape index (κ1) is 14.9. The van der Waals surface area contributed by atoms with Crippen molar-refractivity contribution in [3.05, 3.63) is 67.5 Å². The summed E-state index contributed by atoms with van der Waals surface area (Å²) in [6.07, 6.45) is 0.353. The van der Waals surface area contributed by atoms with Gasteiger partial charge in [0.1, 0.15) is 5.82 Å². The van der Waals surface area contributed by atoms with Gasteiger partial charge in [-0.3, -0.25) is 0 Å². The normalized spacial score (nSPS) is 14.2. The van der Waals surface area contributed by atoms with Crippen molar-refractivity contribution >= 4 is 38.5 Å². The summed E-state index contributed by atoms with van der Waals surface area (Å²) in [6.45, 7) is 1.74. The lowest BCUT2D eigenvalue weighted by molar-refractivity contribution is 0.0574. The summed E-state index contributed by atoms with van der Waals surface area (Å²) < 4.78 is 15.2. The summed E-state index contributed by atoms with van der Waals surface area (Å²) in [4.78, 5) is 0. The Hall–Kier alpha value is -0.460. The number of halogens is 3. The highest BCUT2D eigenvalue weighted by Crippen LogP contribution is 2.29. The van der Waals surface area contributed by atoms with Crippen LogP contribution in [0.5, 0.6) is 0 Å². The van der Waals surface area contributed by atoms with Crippen LogP contribution in [0.15, 0.2) is 46.9 Å². The topological polar surface area (TPSA) is 20.2 Å². The maximum atomic E-state index is 13.3. The van der Waals surface area contributed by atoms with Gasteiger partial charge in [0.05, 0.1) is 5.60 Å². The van der Waals surface area contributed by atoms with Gasteiger partial charge in [0.15, 0.2) is 0 Å². The summed E-state index contributed by atoms with van der Waals surface area (Å²) in [5.74, 6) is -0.295. The lowest BCUT2D eigenvalue weighted by Crippen LogP contribution is -2.24. The minimum Gasteiger partial charge on any atom is -0.385 e. The van der Waals surface area contributed by atoms with Gasteiger partial charge in [-0.15, -0.1) is 0 Å². The van der Waals surface area contributed by atoms with Gasteiger partial charge in [0.2, 0.25) is 0 Å². The lowest BCUT2D eigenvalue weighted by atomic mass is 9.89. The molecule has 0 spiro atoms. The van der Waals surface area contributed by atoms with Crippen molar-refractivity contribution in [2.75, 3.05) is 0 Å². The molecule has 100 valence electrons. The molecule has 0 fully saturated rings. The molecule has 0 heterocycles. The van der Waals surface area contributed by atoms with Crippen molar-refractivity contribution in [1.82, 2.24) is 0 Å². The van der Waals surface area contributed by atoms with Crippen LogP contribution < -0.4 is 0 Å². The second kappa shape index (κ2) is 5.89. The van der Waals surface area contributed by atoms with Crippen molar-refractivity contribution in [2.24, 2.45) is 0 Å². The van der Waals surface area contributed by atoms with Crippen LogP contribution in [0, 0.1) is 9.39 Å². The Morgan fingerprint density at radius 3 is 2.47 bits per heavy atom. The molecule has 1 atom stereocenters. The molecule has 0 amide bonds. The quantitative estimate of drug-likeness (QED) is 0.697. The van der Waals surface area contributed by atoms with Crippen LogP contribution in [0.25, 0.3) is 0 Å². The Morgan fingerprint density at radius 1 is 1.21 bits per heavy atom. The summed E-state index contributed by atoms with van der Waals surface area (Å²) >= 11 is 5.61. The summed E-state index contributed by atoms with van der Waals surface area (Å²) in [7, 11) is 0. The Morgan fingerprint density at radius 2 is 1.84 bits per heavy atom. The van der Waals surface area contributed by atoms with Crippen LogP contribution >= 0.6 is 38.5 Å². The van der Waals surface area contributed by atoms with Gasteiger partial charge in [-0.1, -0.05) is 28.1 Å². The van der Waals surface area contributed by atoms with Gasteiger partial charge in [0, 0.05) is 14.5 Å². The Bertz CT molecular complexity index is 581. The summed E-state index contributed by atoms with van der Waals surface area (Å²) in [5.41, 5.74) is 0.549. The fourth-order valence-corrected chi connectivity index (χ4v) is 2.71. The molecule has 0 radical (unpaired) electrons. The van der Waals surface area contributed by atoms with E-state index in [1.807, 2.05) is 24.3 Å². The average molecular weight is 435 g/mol. The van der Waals surface area contributed by atoms with Gasteiger partial charge in [-0.2, -0.15) is 0 Å². The number of hydrogen-bond acceptors (Lipinski definition) is 1. The van der Waals surface area contributed by atoms with Crippen LogP contribution in [-0.4, -0.2) is 5.11 Å². The first-order chi connectivity index (χ1) is 8.88. The van der Waals surface area contributed by atoms with Gasteiger partial charge in [0.25, 0.3) is 0 Å². The fourth-order valence-electron chi connectivity index (χ4n) is 1.96. The maximum Gasteiger partial charge on any atom is 0.123 e. The third kappa shape index (κ3) is 3.77. The largest absolute Gasteiger partial charge is 0.385 e. The first-order valence-electron chi connectivity index (χ1n) is 5.81. The van der Waals surface area contributed by atoms with E-state index in [1.165, 1.54) is 12.1 Å². The first-order valence-corrected chi connectivity index (χ1v) is 7.68. The van der Waals surface area contributed by atoms with Crippen molar-refractivity contribution in [2.45, 2.75) is 18.9 Å². The molecule has 1 nitrogen and oxygen atoms in total. The molecular formula is C15H13BrFIO. The van der Waals surface area contributed by atoms with Crippen LogP contribution in [0.3, 0.4) is 0 Å². The Labute approximate surface area is 134 Å². The number of aliphatic hydroxyl groups is 1. The number of hydrogen-bond donors (Lipinski definition) is 1. The summed E-state index contributed by atoms with van der Waals surface area (Å²) in [5, 5.41) is 10.6. The van der Waals surface area contributed by atoms with Crippen LogP contribution in [0.2, 0.25) is 0 Å². The van der Waals surface area contributed by atoms with Crippen LogP contribution in [-0.2, 0) is 12.0 Å². The number of benzene rings is 2. The van der Waals surface area contributed by atoms with Gasteiger partial charge < -0.3 is 5.11 Å². The molecule has 1 unspecified atom stereocenters. The molecular weight excluding hydrogens is 422 g/mol. The molecule has 0 saturated carbocycles. The van der Waals surface area contributed by atoms with E-state index in [9.17, 15) is 9.50 Å². The van der Waals surface area contributed by atoms with E-state index in [0.717, 1.165) is 19.2 Å². The van der Waals surface area contributed by atoms with E-state index >= 15 is 0 Å². The second-order valence-electron chi connectivity index (χ2n) is 4.69. The SMILES string of the molecule is CC(O)(Cc1cc(F)ccc1Br)c1ccc(I)cc1. The predicted molar refractivity (Wildman–Crippen MR) is 86.5 cm³/mol. The molecule has 0 saturated heterocycles. The fraction of sp³-hybridized carbons (Fsp3) is 0.200. The zero-order valence-electron chi connectivity index (χ0n) is 10.3. The van der Waals surface area contributed by atoms with Gasteiger partial charge >= 0.3 is 0 Å². The average Bonchev–Trinajstić information content (AvgIpc) is 2.34. The van der Waals surface area contributed by atoms with Gasteiger partial charge in [-0.05, 0) is 71.0 Å². The Balaban J connectivity index is 2.30. The predicted octanol–water partition coefficient (Wildman–Crippen LogP) is 4.64. The molecule has 2 aromatic rings. The monoisotopic (exact) mass is 434 g/mol. The smallest absolute Gasteiger partial charge is 0.123 e. The van der Waals surface area contributed by atoms with Crippen molar-refractivity contribution in [3.63, 3.8) is 0 Å². The van der Waals surface area contributed by atoms with E-state index in [2.05, 4.69) is 38.5 Å². The van der Waals surface area contributed by atoms with E-state index in [4.69, 9.17) is 0 Å². The molecule has 0 bridgehead atoms. The molecule has 0 aliphatic rings. The van der Waals surface area contributed by atoms with Gasteiger partial charge in [-0.25, -0.2) is 4.39 Å². The zero-order chi connectivity index (χ0) is 14.0. The standard InChI is InChI=1S/C15H13BrFIO/c1-15(19,11-2-5-13(18)6-3-11)9-10-8-12(17)4-7-14(10)16/h2-8,19H,9H2,1H3.